The Morgan fingerprint density at radius 3 is 3.00 bits per heavy atom. The maximum atomic E-state index is 11.6. The zero-order valence-electron chi connectivity index (χ0n) is 8.95. The number of carbonyl (C=O) groups excluding carboxylic acids is 1. The third-order valence-electron chi connectivity index (χ3n) is 2.65. The summed E-state index contributed by atoms with van der Waals surface area (Å²) in [5.41, 5.74) is 1.72. The molecule has 0 aromatic carbocycles. The van der Waals surface area contributed by atoms with Crippen molar-refractivity contribution in [3.8, 4) is 0 Å². The summed E-state index contributed by atoms with van der Waals surface area (Å²) in [6, 6.07) is 1.98. The normalized spacial score (nSPS) is 20.2. The third kappa shape index (κ3) is 2.09. The van der Waals surface area contributed by atoms with E-state index in [2.05, 4.69) is 29.5 Å². The van der Waals surface area contributed by atoms with Crippen molar-refractivity contribution in [3.63, 3.8) is 0 Å². The highest BCUT2D eigenvalue weighted by molar-refractivity contribution is 5.96. The smallest absolute Gasteiger partial charge is 0.226 e. The van der Waals surface area contributed by atoms with Crippen LogP contribution in [0, 0.1) is 5.92 Å². The van der Waals surface area contributed by atoms with Crippen molar-refractivity contribution < 1.29 is 4.79 Å². The van der Waals surface area contributed by atoms with Gasteiger partial charge in [0.1, 0.15) is 0 Å². The fourth-order valence-corrected chi connectivity index (χ4v) is 1.67. The third-order valence-corrected chi connectivity index (χ3v) is 2.65. The molecule has 1 aliphatic heterocycles. The van der Waals surface area contributed by atoms with E-state index in [1.807, 2.05) is 6.07 Å². The van der Waals surface area contributed by atoms with Crippen LogP contribution in [-0.2, 0) is 4.79 Å². The second-order valence-corrected chi connectivity index (χ2v) is 4.17. The maximum Gasteiger partial charge on any atom is 0.226 e. The van der Waals surface area contributed by atoms with Crippen LogP contribution in [-0.4, -0.2) is 16.9 Å². The number of hydrogen-bond acceptors (Lipinski definition) is 3. The first-order valence-corrected chi connectivity index (χ1v) is 5.17. The Morgan fingerprint density at radius 2 is 2.27 bits per heavy atom. The molecule has 1 aliphatic rings. The Hall–Kier alpha value is -1.58. The minimum absolute atomic E-state index is 0.0613. The molecule has 0 spiro atoms. The van der Waals surface area contributed by atoms with Gasteiger partial charge in [-0.05, 0) is 12.0 Å². The van der Waals surface area contributed by atoms with Crippen LogP contribution in [0.5, 0.6) is 0 Å². The molecule has 0 saturated carbocycles. The summed E-state index contributed by atoms with van der Waals surface area (Å²) >= 11 is 0. The molecule has 0 aliphatic carbocycles. The van der Waals surface area contributed by atoms with E-state index in [1.54, 1.807) is 12.4 Å². The number of anilines is 2. The molecule has 1 unspecified atom stereocenters. The summed E-state index contributed by atoms with van der Waals surface area (Å²) in [6.07, 6.45) is 3.93. The number of hydrogen-bond donors (Lipinski definition) is 2. The highest BCUT2D eigenvalue weighted by atomic mass is 16.1. The van der Waals surface area contributed by atoms with Gasteiger partial charge < -0.3 is 10.6 Å². The molecule has 1 aromatic heterocycles. The molecule has 0 fully saturated rings. The number of fused-ring (bicyclic) bond motifs is 1. The first-order chi connectivity index (χ1) is 7.16. The molecule has 1 amide bonds. The second-order valence-electron chi connectivity index (χ2n) is 4.17. The van der Waals surface area contributed by atoms with Crippen LogP contribution in [0.1, 0.15) is 20.3 Å². The van der Waals surface area contributed by atoms with Crippen molar-refractivity contribution in [1.29, 1.82) is 0 Å². The molecule has 15 heavy (non-hydrogen) atoms. The number of nitrogens with one attached hydrogen (secondary N) is 2. The summed E-state index contributed by atoms with van der Waals surface area (Å²) in [6.45, 7) is 4.21. The Morgan fingerprint density at radius 1 is 1.47 bits per heavy atom. The molecule has 80 valence electrons. The van der Waals surface area contributed by atoms with Crippen molar-refractivity contribution >= 4 is 17.3 Å². The highest BCUT2D eigenvalue weighted by Crippen LogP contribution is 2.26. The van der Waals surface area contributed by atoms with E-state index in [0.717, 1.165) is 11.4 Å². The van der Waals surface area contributed by atoms with Crippen LogP contribution in [0.2, 0.25) is 0 Å². The Balaban J connectivity index is 2.31. The van der Waals surface area contributed by atoms with Gasteiger partial charge in [-0.3, -0.25) is 9.78 Å². The molecule has 0 saturated heterocycles. The second kappa shape index (κ2) is 3.88. The van der Waals surface area contributed by atoms with E-state index in [1.165, 1.54) is 0 Å². The van der Waals surface area contributed by atoms with Crippen LogP contribution in [0.3, 0.4) is 0 Å². The summed E-state index contributed by atoms with van der Waals surface area (Å²) < 4.78 is 0. The molecule has 2 rings (SSSR count). The van der Waals surface area contributed by atoms with E-state index >= 15 is 0 Å². The van der Waals surface area contributed by atoms with Gasteiger partial charge in [0.2, 0.25) is 5.91 Å². The topological polar surface area (TPSA) is 54.0 Å². The molecule has 0 radical (unpaired) electrons. The standard InChI is InChI=1S/C11H15N3O/c1-7(2)9-5-11(15)14-8-3-4-12-6-10(8)13-9/h3-4,6-7,9,13H,5H2,1-2H3,(H,14,15). The van der Waals surface area contributed by atoms with Gasteiger partial charge in [0, 0.05) is 18.7 Å². The van der Waals surface area contributed by atoms with Gasteiger partial charge in [-0.25, -0.2) is 0 Å². The summed E-state index contributed by atoms with van der Waals surface area (Å²) in [4.78, 5) is 15.6. The van der Waals surface area contributed by atoms with Gasteiger partial charge in [0.05, 0.1) is 17.6 Å². The highest BCUT2D eigenvalue weighted by Gasteiger charge is 2.22. The molecule has 4 heteroatoms. The van der Waals surface area contributed by atoms with Crippen molar-refractivity contribution in [2.45, 2.75) is 26.3 Å². The lowest BCUT2D eigenvalue weighted by atomic mass is 10.0. The maximum absolute atomic E-state index is 11.6. The minimum atomic E-state index is 0.0613. The van der Waals surface area contributed by atoms with Crippen LogP contribution >= 0.6 is 0 Å². The van der Waals surface area contributed by atoms with E-state index in [-0.39, 0.29) is 11.9 Å². The van der Waals surface area contributed by atoms with Crippen LogP contribution in [0.25, 0.3) is 0 Å². The Kier molecular flexibility index (Phi) is 2.58. The molecule has 2 heterocycles. The number of carbonyl (C=O) groups is 1. The monoisotopic (exact) mass is 205 g/mol. The number of amides is 1. The van der Waals surface area contributed by atoms with E-state index in [4.69, 9.17) is 0 Å². The van der Waals surface area contributed by atoms with Crippen LogP contribution in [0.15, 0.2) is 18.5 Å². The van der Waals surface area contributed by atoms with Crippen molar-refractivity contribution in [3.05, 3.63) is 18.5 Å². The van der Waals surface area contributed by atoms with Crippen molar-refractivity contribution in [2.75, 3.05) is 10.6 Å². The average molecular weight is 205 g/mol. The molecule has 1 atom stereocenters. The van der Waals surface area contributed by atoms with Gasteiger partial charge >= 0.3 is 0 Å². The molecular weight excluding hydrogens is 190 g/mol. The average Bonchev–Trinajstić information content (AvgIpc) is 2.35. The predicted octanol–water partition coefficient (Wildman–Crippen LogP) is 1.86. The summed E-state index contributed by atoms with van der Waals surface area (Å²) in [5.74, 6) is 0.480. The number of pyridine rings is 1. The van der Waals surface area contributed by atoms with Gasteiger partial charge in [-0.15, -0.1) is 0 Å². The van der Waals surface area contributed by atoms with Crippen LogP contribution in [0.4, 0.5) is 11.4 Å². The molecule has 1 aromatic rings. The Bertz CT molecular complexity index is 376. The van der Waals surface area contributed by atoms with E-state index < -0.39 is 0 Å². The summed E-state index contributed by atoms with van der Waals surface area (Å²) in [5, 5.41) is 6.21. The van der Waals surface area contributed by atoms with Crippen LogP contribution < -0.4 is 10.6 Å². The van der Waals surface area contributed by atoms with Gasteiger partial charge in [-0.1, -0.05) is 13.8 Å². The first-order valence-electron chi connectivity index (χ1n) is 5.17. The van der Waals surface area contributed by atoms with E-state index in [0.29, 0.717) is 12.3 Å². The summed E-state index contributed by atoms with van der Waals surface area (Å²) in [7, 11) is 0. The zero-order chi connectivity index (χ0) is 10.8. The van der Waals surface area contributed by atoms with Gasteiger partial charge in [0.15, 0.2) is 0 Å². The minimum Gasteiger partial charge on any atom is -0.379 e. The molecular formula is C11H15N3O. The molecule has 2 N–H and O–H groups in total. The Labute approximate surface area is 89.1 Å². The molecule has 0 bridgehead atoms. The lowest BCUT2D eigenvalue weighted by Gasteiger charge is -2.19. The fraction of sp³-hybridized carbons (Fsp3) is 0.455. The van der Waals surface area contributed by atoms with E-state index in [9.17, 15) is 4.79 Å². The number of rotatable bonds is 1. The first kappa shape index (κ1) is 9.96. The largest absolute Gasteiger partial charge is 0.379 e. The molecule has 4 nitrogen and oxygen atoms in total. The SMILES string of the molecule is CC(C)C1CC(=O)Nc2ccncc2N1. The predicted molar refractivity (Wildman–Crippen MR) is 59.7 cm³/mol. The number of nitrogens with zero attached hydrogens (tertiary/aromatic N) is 1. The number of aromatic nitrogens is 1. The zero-order valence-corrected chi connectivity index (χ0v) is 8.95. The van der Waals surface area contributed by atoms with Crippen molar-refractivity contribution in [2.24, 2.45) is 5.92 Å². The quantitative estimate of drug-likeness (QED) is 0.735. The van der Waals surface area contributed by atoms with Gasteiger partial charge in [0.25, 0.3) is 0 Å². The lowest BCUT2D eigenvalue weighted by Crippen LogP contribution is -2.27. The lowest BCUT2D eigenvalue weighted by molar-refractivity contribution is -0.116. The fourth-order valence-electron chi connectivity index (χ4n) is 1.67. The van der Waals surface area contributed by atoms with Gasteiger partial charge in [-0.2, -0.15) is 0 Å². The van der Waals surface area contributed by atoms with Crippen molar-refractivity contribution in [1.82, 2.24) is 4.98 Å².